The van der Waals surface area contributed by atoms with Crippen molar-refractivity contribution in [1.82, 2.24) is 29.4 Å². The number of fused-ring (bicyclic) bond motifs is 1. The fraction of sp³-hybridized carbons (Fsp3) is 0.263. The Morgan fingerprint density at radius 3 is 2.56 bits per heavy atom. The number of nitrogens with one attached hydrogen (secondary N) is 1. The summed E-state index contributed by atoms with van der Waals surface area (Å²) in [4.78, 5) is 21.4. The summed E-state index contributed by atoms with van der Waals surface area (Å²) in [6, 6.07) is 9.41. The zero-order chi connectivity index (χ0) is 19.1. The number of benzene rings is 1. The Balaban J connectivity index is 1.68. The number of nitrogens with zero attached hydrogens (tertiary/aromatic N) is 5. The Labute approximate surface area is 154 Å². The van der Waals surface area contributed by atoms with Crippen LogP contribution in [0.25, 0.3) is 16.9 Å². The fourth-order valence-electron chi connectivity index (χ4n) is 3.26. The molecule has 0 aliphatic heterocycles. The van der Waals surface area contributed by atoms with Gasteiger partial charge in [0.1, 0.15) is 17.5 Å². The number of aromatic nitrogens is 6. The molecular weight excluding hydrogens is 347 g/mol. The molecule has 0 fully saturated rings. The van der Waals surface area contributed by atoms with E-state index < -0.39 is 0 Å². The lowest BCUT2D eigenvalue weighted by atomic mass is 10.1. The Hall–Kier alpha value is -3.29. The molecule has 0 aliphatic carbocycles. The van der Waals surface area contributed by atoms with Crippen molar-refractivity contribution in [2.45, 2.75) is 33.2 Å². The zero-order valence-corrected chi connectivity index (χ0v) is 15.3. The van der Waals surface area contributed by atoms with Gasteiger partial charge in [0.05, 0.1) is 17.4 Å². The lowest BCUT2D eigenvalue weighted by Crippen LogP contribution is -2.18. The van der Waals surface area contributed by atoms with Crippen molar-refractivity contribution in [2.75, 3.05) is 0 Å². The van der Waals surface area contributed by atoms with Crippen molar-refractivity contribution >= 4 is 5.65 Å². The first-order valence-electron chi connectivity index (χ1n) is 8.68. The summed E-state index contributed by atoms with van der Waals surface area (Å²) < 4.78 is 16.4. The van der Waals surface area contributed by atoms with Crippen LogP contribution in [0.4, 0.5) is 4.39 Å². The fourth-order valence-corrected chi connectivity index (χ4v) is 3.26. The molecule has 4 aromatic rings. The summed E-state index contributed by atoms with van der Waals surface area (Å²) in [5, 5.41) is 7.42. The number of aromatic amines is 1. The van der Waals surface area contributed by atoms with E-state index in [1.807, 2.05) is 25.5 Å². The third-order valence-corrected chi connectivity index (χ3v) is 4.49. The van der Waals surface area contributed by atoms with Crippen LogP contribution in [0, 0.1) is 19.7 Å². The van der Waals surface area contributed by atoms with Gasteiger partial charge in [0.25, 0.3) is 5.56 Å². The number of H-pyrrole nitrogens is 1. The second-order valence-corrected chi connectivity index (χ2v) is 6.66. The van der Waals surface area contributed by atoms with E-state index in [1.165, 1.54) is 22.7 Å². The Morgan fingerprint density at radius 1 is 1.15 bits per heavy atom. The highest BCUT2D eigenvalue weighted by molar-refractivity contribution is 5.63. The van der Waals surface area contributed by atoms with Gasteiger partial charge in [-0.15, -0.1) is 0 Å². The smallest absolute Gasteiger partial charge is 0.272 e. The average molecular weight is 366 g/mol. The van der Waals surface area contributed by atoms with Gasteiger partial charge in [-0.2, -0.15) is 5.10 Å². The molecule has 3 heterocycles. The van der Waals surface area contributed by atoms with Gasteiger partial charge >= 0.3 is 0 Å². The van der Waals surface area contributed by atoms with Gasteiger partial charge in [-0.05, 0) is 50.6 Å². The first-order valence-corrected chi connectivity index (χ1v) is 8.68. The number of hydrogen-bond acceptors (Lipinski definition) is 4. The van der Waals surface area contributed by atoms with E-state index in [4.69, 9.17) is 0 Å². The predicted molar refractivity (Wildman–Crippen MR) is 99.1 cm³/mol. The largest absolute Gasteiger partial charge is 0.289 e. The Morgan fingerprint density at radius 2 is 1.89 bits per heavy atom. The maximum Gasteiger partial charge on any atom is 0.272 e. The lowest BCUT2D eigenvalue weighted by molar-refractivity contribution is 0.469. The van der Waals surface area contributed by atoms with Crippen molar-refractivity contribution in [3.63, 3.8) is 0 Å². The predicted octanol–water partition coefficient (Wildman–Crippen LogP) is 2.84. The standard InChI is InChI=1S/C19H19FN6O/c1-11(25-13(3)21-12(2)23-25)8-16-9-19(27)26-18(22-16)10-17(24-26)14-4-6-15(20)7-5-14/h4-7,9-11,24H,8H2,1-3H3/t11-/m1/s1. The molecule has 138 valence electrons. The molecule has 4 rings (SSSR count). The van der Waals surface area contributed by atoms with Crippen LogP contribution < -0.4 is 5.56 Å². The first kappa shape index (κ1) is 17.1. The topological polar surface area (TPSA) is 80.9 Å². The molecule has 0 saturated heterocycles. The van der Waals surface area contributed by atoms with E-state index in [0.717, 1.165) is 17.2 Å². The molecule has 27 heavy (non-hydrogen) atoms. The van der Waals surface area contributed by atoms with Crippen molar-refractivity contribution in [3.05, 3.63) is 69.9 Å². The SMILES string of the molecule is Cc1nc(C)n([C@H](C)Cc2cc(=O)n3[nH]c(-c4ccc(F)cc4)cc3n2)n1. The van der Waals surface area contributed by atoms with E-state index in [-0.39, 0.29) is 17.4 Å². The number of rotatable bonds is 4. The maximum absolute atomic E-state index is 13.1. The highest BCUT2D eigenvalue weighted by atomic mass is 19.1. The Kier molecular flexibility index (Phi) is 4.10. The van der Waals surface area contributed by atoms with Crippen LogP contribution in [0.3, 0.4) is 0 Å². The van der Waals surface area contributed by atoms with Crippen molar-refractivity contribution in [2.24, 2.45) is 0 Å². The molecule has 0 amide bonds. The van der Waals surface area contributed by atoms with E-state index in [0.29, 0.717) is 23.5 Å². The van der Waals surface area contributed by atoms with Crippen LogP contribution >= 0.6 is 0 Å². The lowest BCUT2D eigenvalue weighted by Gasteiger charge is -2.12. The summed E-state index contributed by atoms with van der Waals surface area (Å²) in [7, 11) is 0. The molecule has 0 radical (unpaired) electrons. The normalized spacial score (nSPS) is 12.6. The molecule has 0 unspecified atom stereocenters. The van der Waals surface area contributed by atoms with E-state index in [2.05, 4.69) is 20.2 Å². The number of halogens is 1. The van der Waals surface area contributed by atoms with Crippen LogP contribution in [0.2, 0.25) is 0 Å². The summed E-state index contributed by atoms with van der Waals surface area (Å²) in [5.41, 5.74) is 2.50. The summed E-state index contributed by atoms with van der Waals surface area (Å²) in [5.74, 6) is 1.25. The molecule has 0 spiro atoms. The van der Waals surface area contributed by atoms with Crippen molar-refractivity contribution in [3.8, 4) is 11.3 Å². The number of hydrogen-bond donors (Lipinski definition) is 1. The minimum atomic E-state index is -0.305. The molecular formula is C19H19FN6O. The van der Waals surface area contributed by atoms with Crippen LogP contribution in [-0.4, -0.2) is 29.4 Å². The van der Waals surface area contributed by atoms with Gasteiger partial charge in [0, 0.05) is 18.6 Å². The quantitative estimate of drug-likeness (QED) is 0.602. The molecule has 7 nitrogen and oxygen atoms in total. The van der Waals surface area contributed by atoms with Gasteiger partial charge < -0.3 is 0 Å². The maximum atomic E-state index is 13.1. The molecule has 3 aromatic heterocycles. The van der Waals surface area contributed by atoms with E-state index >= 15 is 0 Å². The third-order valence-electron chi connectivity index (χ3n) is 4.49. The van der Waals surface area contributed by atoms with Crippen molar-refractivity contribution in [1.29, 1.82) is 0 Å². The van der Waals surface area contributed by atoms with Gasteiger partial charge in [-0.3, -0.25) is 9.89 Å². The minimum absolute atomic E-state index is 0.0241. The van der Waals surface area contributed by atoms with Crippen LogP contribution in [-0.2, 0) is 6.42 Å². The molecule has 1 atom stereocenters. The molecule has 8 heteroatoms. The summed E-state index contributed by atoms with van der Waals surface area (Å²) in [6.45, 7) is 5.78. The van der Waals surface area contributed by atoms with Crippen LogP contribution in [0.5, 0.6) is 0 Å². The van der Waals surface area contributed by atoms with Crippen molar-refractivity contribution < 1.29 is 4.39 Å². The molecule has 0 aliphatic rings. The van der Waals surface area contributed by atoms with Gasteiger partial charge in [0.2, 0.25) is 0 Å². The first-order chi connectivity index (χ1) is 12.9. The second kappa shape index (κ2) is 6.46. The second-order valence-electron chi connectivity index (χ2n) is 6.66. The Bertz CT molecular complexity index is 1170. The van der Waals surface area contributed by atoms with Gasteiger partial charge in [-0.1, -0.05) is 0 Å². The summed E-state index contributed by atoms with van der Waals surface area (Å²) >= 11 is 0. The minimum Gasteiger partial charge on any atom is -0.289 e. The van der Waals surface area contributed by atoms with Gasteiger partial charge in [-0.25, -0.2) is 23.6 Å². The molecule has 1 aromatic carbocycles. The highest BCUT2D eigenvalue weighted by Gasteiger charge is 2.14. The third kappa shape index (κ3) is 3.25. The van der Waals surface area contributed by atoms with E-state index in [1.54, 1.807) is 18.2 Å². The molecule has 1 N–H and O–H groups in total. The van der Waals surface area contributed by atoms with Crippen LogP contribution in [0.1, 0.15) is 30.3 Å². The van der Waals surface area contributed by atoms with Crippen LogP contribution in [0.15, 0.2) is 41.2 Å². The van der Waals surface area contributed by atoms with Gasteiger partial charge in [0.15, 0.2) is 5.65 Å². The number of aryl methyl sites for hydroxylation is 2. The molecule has 0 saturated carbocycles. The highest BCUT2D eigenvalue weighted by Crippen LogP contribution is 2.19. The summed E-state index contributed by atoms with van der Waals surface area (Å²) in [6.07, 6.45) is 0.562. The van der Waals surface area contributed by atoms with E-state index in [9.17, 15) is 9.18 Å². The molecule has 0 bridgehead atoms. The average Bonchev–Trinajstić information content (AvgIpc) is 3.19. The zero-order valence-electron chi connectivity index (χ0n) is 15.3. The monoisotopic (exact) mass is 366 g/mol.